The van der Waals surface area contributed by atoms with Crippen molar-refractivity contribution in [1.82, 2.24) is 0 Å². The van der Waals surface area contributed by atoms with Crippen molar-refractivity contribution in [2.75, 3.05) is 26.4 Å². The summed E-state index contributed by atoms with van der Waals surface area (Å²) in [5.74, 6) is 0. The van der Waals surface area contributed by atoms with Crippen molar-refractivity contribution >= 4 is 9.05 Å². The molecule has 0 aliphatic heterocycles. The molecule has 0 heterocycles. The molecule has 57 heavy (non-hydrogen) atoms. The van der Waals surface area contributed by atoms with Crippen LogP contribution >= 0.6 is 0 Å². The highest BCUT2D eigenvalue weighted by atomic mass is 28.4. The topological polar surface area (TPSA) is 36.9 Å². The summed E-state index contributed by atoms with van der Waals surface area (Å²) in [7, 11) is -3.18. The zero-order valence-corrected chi connectivity index (χ0v) is 41.1. The molecule has 0 aromatic heterocycles. The van der Waals surface area contributed by atoms with Crippen LogP contribution in [0.5, 0.6) is 0 Å². The number of hydrogen-bond donors (Lipinski definition) is 0. The molecule has 0 bridgehead atoms. The third-order valence-electron chi connectivity index (χ3n) is 12.1. The SMILES string of the molecule is CCCCCCCCCCCCCO[Si](OCCCCCCCCCCCCC)(OCCCCCCCCCCCCC)OCCCCCCCCCCCCC. The van der Waals surface area contributed by atoms with Crippen molar-refractivity contribution in [3.63, 3.8) is 0 Å². The molecule has 0 aromatic carbocycles. The van der Waals surface area contributed by atoms with Crippen molar-refractivity contribution in [3.05, 3.63) is 0 Å². The Balaban J connectivity index is 4.91. The fourth-order valence-corrected chi connectivity index (χ4v) is 10.2. The third-order valence-corrected chi connectivity index (χ3v) is 14.3. The summed E-state index contributed by atoms with van der Waals surface area (Å²) in [6, 6.07) is 0. The van der Waals surface area contributed by atoms with E-state index in [1.165, 1.54) is 257 Å². The van der Waals surface area contributed by atoms with Gasteiger partial charge in [-0.3, -0.25) is 0 Å². The molecular weight excluding hydrogens is 717 g/mol. The smallest absolute Gasteiger partial charge is 0.351 e. The van der Waals surface area contributed by atoms with E-state index in [1.807, 2.05) is 0 Å². The van der Waals surface area contributed by atoms with Crippen LogP contribution in [0.4, 0.5) is 0 Å². The first-order valence-electron chi connectivity index (χ1n) is 26.8. The van der Waals surface area contributed by atoms with E-state index in [-0.39, 0.29) is 0 Å². The van der Waals surface area contributed by atoms with Crippen molar-refractivity contribution in [2.45, 2.75) is 310 Å². The Morgan fingerprint density at radius 2 is 0.298 bits per heavy atom. The van der Waals surface area contributed by atoms with E-state index in [4.69, 9.17) is 17.7 Å². The molecule has 0 saturated heterocycles. The lowest BCUT2D eigenvalue weighted by atomic mass is 10.1. The van der Waals surface area contributed by atoms with Gasteiger partial charge in [0.05, 0.1) is 0 Å². The van der Waals surface area contributed by atoms with Crippen LogP contribution in [0, 0.1) is 0 Å². The highest BCUT2D eigenvalue weighted by molar-refractivity contribution is 6.53. The fraction of sp³-hybridized carbons (Fsp3) is 1.00. The molecule has 5 heteroatoms. The Morgan fingerprint density at radius 1 is 0.175 bits per heavy atom. The molecule has 0 unspecified atom stereocenters. The molecule has 0 aliphatic rings. The molecule has 0 radical (unpaired) electrons. The molecule has 344 valence electrons. The summed E-state index contributed by atoms with van der Waals surface area (Å²) in [5, 5.41) is 0. The van der Waals surface area contributed by atoms with Gasteiger partial charge in [-0.25, -0.2) is 0 Å². The molecule has 0 rings (SSSR count). The number of hydrogen-bond acceptors (Lipinski definition) is 4. The van der Waals surface area contributed by atoms with Gasteiger partial charge in [-0.1, -0.05) is 285 Å². The molecule has 4 nitrogen and oxygen atoms in total. The molecule has 0 N–H and O–H groups in total. The minimum Gasteiger partial charge on any atom is -0.351 e. The highest BCUT2D eigenvalue weighted by Crippen LogP contribution is 2.20. The minimum absolute atomic E-state index is 0.706. The van der Waals surface area contributed by atoms with Gasteiger partial charge in [-0.05, 0) is 25.7 Å². The van der Waals surface area contributed by atoms with Crippen LogP contribution in [0.25, 0.3) is 0 Å². The summed E-state index contributed by atoms with van der Waals surface area (Å²) in [6.07, 6.45) is 59.1. The van der Waals surface area contributed by atoms with E-state index in [0.29, 0.717) is 26.4 Å². The van der Waals surface area contributed by atoms with Crippen LogP contribution in [0.3, 0.4) is 0 Å². The van der Waals surface area contributed by atoms with Crippen molar-refractivity contribution in [3.8, 4) is 0 Å². The zero-order chi connectivity index (χ0) is 41.3. The van der Waals surface area contributed by atoms with E-state index in [1.54, 1.807) is 0 Å². The fourth-order valence-electron chi connectivity index (χ4n) is 8.10. The lowest BCUT2D eigenvalue weighted by Crippen LogP contribution is -2.50. The monoisotopic (exact) mass is 825 g/mol. The van der Waals surface area contributed by atoms with Crippen LogP contribution < -0.4 is 0 Å². The molecule has 0 atom stereocenters. The zero-order valence-electron chi connectivity index (χ0n) is 40.1. The van der Waals surface area contributed by atoms with Gasteiger partial charge in [0.25, 0.3) is 0 Å². The van der Waals surface area contributed by atoms with Gasteiger partial charge in [0, 0.05) is 26.4 Å². The molecule has 0 amide bonds. The quantitative estimate of drug-likeness (QED) is 0.0452. The molecule has 0 saturated carbocycles. The van der Waals surface area contributed by atoms with Crippen molar-refractivity contribution in [1.29, 1.82) is 0 Å². The van der Waals surface area contributed by atoms with Crippen LogP contribution in [-0.4, -0.2) is 35.5 Å². The van der Waals surface area contributed by atoms with E-state index in [0.717, 1.165) is 25.7 Å². The highest BCUT2D eigenvalue weighted by Gasteiger charge is 2.45. The standard InChI is InChI=1S/C52H108O4Si/c1-5-9-13-17-21-25-29-33-37-41-45-49-53-57(54-50-46-42-38-34-30-26-22-18-14-10-6-2,55-51-47-43-39-35-31-27-23-19-15-11-7-3)56-52-48-44-40-36-32-28-24-20-16-12-8-4/h5-52H2,1-4H3. The van der Waals surface area contributed by atoms with Crippen LogP contribution in [0.2, 0.25) is 0 Å². The summed E-state index contributed by atoms with van der Waals surface area (Å²) in [4.78, 5) is 0. The Hall–Kier alpha value is 0.0569. The van der Waals surface area contributed by atoms with Gasteiger partial charge in [0.15, 0.2) is 0 Å². The number of rotatable bonds is 52. The second-order valence-electron chi connectivity index (χ2n) is 18.0. The van der Waals surface area contributed by atoms with E-state index in [2.05, 4.69) is 27.7 Å². The first kappa shape index (κ1) is 57.1. The lowest BCUT2D eigenvalue weighted by Gasteiger charge is -2.28. The van der Waals surface area contributed by atoms with Crippen LogP contribution in [0.15, 0.2) is 0 Å². The van der Waals surface area contributed by atoms with Gasteiger partial charge < -0.3 is 17.7 Å². The maximum atomic E-state index is 6.68. The van der Waals surface area contributed by atoms with Crippen LogP contribution in [-0.2, 0) is 17.7 Å². The Labute approximate surface area is 362 Å². The van der Waals surface area contributed by atoms with Crippen molar-refractivity contribution < 1.29 is 17.7 Å². The third kappa shape index (κ3) is 45.4. The lowest BCUT2D eigenvalue weighted by molar-refractivity contribution is -0.0375. The normalized spacial score (nSPS) is 12.0. The maximum absolute atomic E-state index is 6.68. The van der Waals surface area contributed by atoms with Gasteiger partial charge in [0.2, 0.25) is 0 Å². The average Bonchev–Trinajstić information content (AvgIpc) is 3.22. The largest absolute Gasteiger partial charge is 0.679 e. The van der Waals surface area contributed by atoms with Gasteiger partial charge >= 0.3 is 9.05 Å². The Kier molecular flexibility index (Phi) is 50.5. The average molecular weight is 826 g/mol. The molecular formula is C52H108O4Si. The van der Waals surface area contributed by atoms with Crippen molar-refractivity contribution in [2.24, 2.45) is 0 Å². The second kappa shape index (κ2) is 50.4. The number of unbranched alkanes of at least 4 members (excludes halogenated alkanes) is 40. The summed E-state index contributed by atoms with van der Waals surface area (Å²) in [5.41, 5.74) is 0. The van der Waals surface area contributed by atoms with Crippen LogP contribution in [0.1, 0.15) is 310 Å². The van der Waals surface area contributed by atoms with E-state index >= 15 is 0 Å². The predicted molar refractivity (Wildman–Crippen MR) is 255 cm³/mol. The second-order valence-corrected chi connectivity index (χ2v) is 20.2. The summed E-state index contributed by atoms with van der Waals surface area (Å²) < 4.78 is 26.7. The molecule has 0 aliphatic carbocycles. The van der Waals surface area contributed by atoms with Gasteiger partial charge in [-0.2, -0.15) is 0 Å². The first-order chi connectivity index (χ1) is 28.2. The maximum Gasteiger partial charge on any atom is 0.679 e. The molecule has 0 fully saturated rings. The molecule has 0 aromatic rings. The summed E-state index contributed by atoms with van der Waals surface area (Å²) in [6.45, 7) is 12.0. The first-order valence-corrected chi connectivity index (χ1v) is 28.4. The Bertz CT molecular complexity index is 588. The van der Waals surface area contributed by atoms with E-state index in [9.17, 15) is 0 Å². The molecule has 0 spiro atoms. The van der Waals surface area contributed by atoms with E-state index < -0.39 is 9.05 Å². The summed E-state index contributed by atoms with van der Waals surface area (Å²) >= 11 is 0. The van der Waals surface area contributed by atoms with Gasteiger partial charge in [-0.15, -0.1) is 0 Å². The van der Waals surface area contributed by atoms with Gasteiger partial charge in [0.1, 0.15) is 0 Å². The Morgan fingerprint density at radius 3 is 0.439 bits per heavy atom. The minimum atomic E-state index is -3.18. The predicted octanol–water partition coefficient (Wildman–Crippen LogP) is 18.7.